The van der Waals surface area contributed by atoms with E-state index in [1.807, 2.05) is 13.1 Å². The first-order valence-corrected chi connectivity index (χ1v) is 6.48. The summed E-state index contributed by atoms with van der Waals surface area (Å²) in [7, 11) is 0. The van der Waals surface area contributed by atoms with Crippen molar-refractivity contribution in [2.24, 2.45) is 0 Å². The zero-order valence-electron chi connectivity index (χ0n) is 9.28. The third-order valence-corrected chi connectivity index (χ3v) is 3.60. The van der Waals surface area contributed by atoms with Gasteiger partial charge in [-0.1, -0.05) is 17.7 Å². The molecular weight excluding hydrogens is 259 g/mol. The largest absolute Gasteiger partial charge is 0.305 e. The molecule has 1 heterocycles. The van der Waals surface area contributed by atoms with E-state index in [2.05, 4.69) is 10.3 Å². The van der Waals surface area contributed by atoms with Crippen molar-refractivity contribution in [2.45, 2.75) is 19.5 Å². The molecule has 0 saturated carbocycles. The van der Waals surface area contributed by atoms with Crippen LogP contribution in [0.15, 0.2) is 29.9 Å². The summed E-state index contributed by atoms with van der Waals surface area (Å²) < 4.78 is 12.9. The van der Waals surface area contributed by atoms with E-state index in [-0.39, 0.29) is 11.9 Å². The van der Waals surface area contributed by atoms with Crippen molar-refractivity contribution in [3.8, 4) is 0 Å². The number of hydrogen-bond donors (Lipinski definition) is 1. The summed E-state index contributed by atoms with van der Waals surface area (Å²) in [5.41, 5.74) is 2.70. The second-order valence-electron chi connectivity index (χ2n) is 3.74. The number of benzene rings is 1. The van der Waals surface area contributed by atoms with Crippen LogP contribution in [0.1, 0.15) is 23.4 Å². The molecule has 0 amide bonds. The Kier molecular flexibility index (Phi) is 4.10. The molecule has 1 unspecified atom stereocenters. The van der Waals surface area contributed by atoms with Crippen LogP contribution in [0, 0.1) is 5.82 Å². The van der Waals surface area contributed by atoms with Crippen LogP contribution in [0.2, 0.25) is 5.02 Å². The second kappa shape index (κ2) is 5.58. The lowest BCUT2D eigenvalue weighted by atomic mass is 10.1. The molecule has 0 aliphatic carbocycles. The van der Waals surface area contributed by atoms with Crippen LogP contribution in [0.5, 0.6) is 0 Å². The zero-order valence-corrected chi connectivity index (χ0v) is 10.9. The van der Waals surface area contributed by atoms with Gasteiger partial charge in [0.05, 0.1) is 5.51 Å². The molecule has 2 rings (SSSR count). The summed E-state index contributed by atoms with van der Waals surface area (Å²) in [6.45, 7) is 2.74. The van der Waals surface area contributed by atoms with E-state index >= 15 is 0 Å². The molecule has 1 N–H and O–H groups in total. The SMILES string of the molecule is CC(NCc1cncs1)c1ccc(F)cc1Cl. The minimum atomic E-state index is -0.312. The zero-order chi connectivity index (χ0) is 12.3. The van der Waals surface area contributed by atoms with Gasteiger partial charge < -0.3 is 5.32 Å². The Morgan fingerprint density at radius 2 is 2.35 bits per heavy atom. The van der Waals surface area contributed by atoms with Crippen molar-refractivity contribution in [3.05, 3.63) is 51.2 Å². The first-order chi connectivity index (χ1) is 8.16. The smallest absolute Gasteiger partial charge is 0.124 e. The first kappa shape index (κ1) is 12.5. The van der Waals surface area contributed by atoms with Crippen LogP contribution < -0.4 is 5.32 Å². The molecule has 0 bridgehead atoms. The minimum absolute atomic E-state index is 0.0743. The predicted molar refractivity (Wildman–Crippen MR) is 68.8 cm³/mol. The third kappa shape index (κ3) is 3.25. The second-order valence-corrected chi connectivity index (χ2v) is 5.11. The van der Waals surface area contributed by atoms with E-state index < -0.39 is 0 Å². The van der Waals surface area contributed by atoms with Crippen molar-refractivity contribution in [1.82, 2.24) is 10.3 Å². The Morgan fingerprint density at radius 1 is 1.53 bits per heavy atom. The van der Waals surface area contributed by atoms with Crippen LogP contribution in [-0.4, -0.2) is 4.98 Å². The van der Waals surface area contributed by atoms with Crippen molar-refractivity contribution < 1.29 is 4.39 Å². The first-order valence-electron chi connectivity index (χ1n) is 5.22. The standard InChI is InChI=1S/C12H12ClFN2S/c1-8(16-6-10-5-15-7-17-10)11-3-2-9(14)4-12(11)13/h2-5,7-8,16H,6H2,1H3. The average Bonchev–Trinajstić information content (AvgIpc) is 2.78. The molecule has 1 aromatic carbocycles. The Labute approximate surface area is 108 Å². The van der Waals surface area contributed by atoms with Crippen LogP contribution in [0.4, 0.5) is 4.39 Å². The highest BCUT2D eigenvalue weighted by Gasteiger charge is 2.10. The van der Waals surface area contributed by atoms with E-state index in [0.29, 0.717) is 5.02 Å². The fourth-order valence-corrected chi connectivity index (χ4v) is 2.42. The van der Waals surface area contributed by atoms with E-state index in [0.717, 1.165) is 17.0 Å². The molecule has 0 saturated heterocycles. The number of nitrogens with one attached hydrogen (secondary N) is 1. The van der Waals surface area contributed by atoms with Crippen molar-refractivity contribution in [2.75, 3.05) is 0 Å². The fourth-order valence-electron chi connectivity index (χ4n) is 1.55. The molecule has 0 radical (unpaired) electrons. The average molecular weight is 271 g/mol. The minimum Gasteiger partial charge on any atom is -0.305 e. The molecule has 90 valence electrons. The van der Waals surface area contributed by atoms with Gasteiger partial charge in [0.25, 0.3) is 0 Å². The Balaban J connectivity index is 2.01. The lowest BCUT2D eigenvalue weighted by Crippen LogP contribution is -2.17. The van der Waals surface area contributed by atoms with E-state index in [9.17, 15) is 4.39 Å². The van der Waals surface area contributed by atoms with Crippen LogP contribution in [0.25, 0.3) is 0 Å². The van der Waals surface area contributed by atoms with E-state index in [1.165, 1.54) is 12.1 Å². The molecule has 0 aliphatic heterocycles. The van der Waals surface area contributed by atoms with Gasteiger partial charge in [-0.15, -0.1) is 11.3 Å². The lowest BCUT2D eigenvalue weighted by Gasteiger charge is -2.15. The number of halogens is 2. The highest BCUT2D eigenvalue weighted by molar-refractivity contribution is 7.09. The summed E-state index contributed by atoms with van der Waals surface area (Å²) in [6, 6.07) is 4.54. The molecule has 1 atom stereocenters. The highest BCUT2D eigenvalue weighted by Crippen LogP contribution is 2.24. The van der Waals surface area contributed by atoms with Gasteiger partial charge in [-0.05, 0) is 24.6 Å². The van der Waals surface area contributed by atoms with Gasteiger partial charge in [0.2, 0.25) is 0 Å². The summed E-state index contributed by atoms with van der Waals surface area (Å²) >= 11 is 7.60. The summed E-state index contributed by atoms with van der Waals surface area (Å²) in [5, 5.41) is 3.78. The maximum atomic E-state index is 12.9. The van der Waals surface area contributed by atoms with Gasteiger partial charge in [0.1, 0.15) is 5.82 Å². The third-order valence-electron chi connectivity index (χ3n) is 2.49. The van der Waals surface area contributed by atoms with Crippen LogP contribution >= 0.6 is 22.9 Å². The maximum absolute atomic E-state index is 12.9. The Hall–Kier alpha value is -0.970. The van der Waals surface area contributed by atoms with Gasteiger partial charge in [-0.2, -0.15) is 0 Å². The molecule has 5 heteroatoms. The van der Waals surface area contributed by atoms with Gasteiger partial charge in [-0.3, -0.25) is 4.98 Å². The molecule has 17 heavy (non-hydrogen) atoms. The Morgan fingerprint density at radius 3 is 3.00 bits per heavy atom. The number of nitrogens with zero attached hydrogens (tertiary/aromatic N) is 1. The summed E-state index contributed by atoms with van der Waals surface area (Å²) in [5.74, 6) is -0.312. The highest BCUT2D eigenvalue weighted by atomic mass is 35.5. The summed E-state index contributed by atoms with van der Waals surface area (Å²) in [6.07, 6.45) is 1.83. The van der Waals surface area contributed by atoms with E-state index in [4.69, 9.17) is 11.6 Å². The van der Waals surface area contributed by atoms with E-state index in [1.54, 1.807) is 22.9 Å². The van der Waals surface area contributed by atoms with Crippen LogP contribution in [-0.2, 0) is 6.54 Å². The monoisotopic (exact) mass is 270 g/mol. The quantitative estimate of drug-likeness (QED) is 0.914. The fraction of sp³-hybridized carbons (Fsp3) is 0.250. The number of hydrogen-bond acceptors (Lipinski definition) is 3. The normalized spacial score (nSPS) is 12.6. The van der Waals surface area contributed by atoms with Gasteiger partial charge in [0.15, 0.2) is 0 Å². The number of thiazole rings is 1. The summed E-state index contributed by atoms with van der Waals surface area (Å²) in [4.78, 5) is 5.17. The molecule has 0 spiro atoms. The molecule has 2 aromatic rings. The van der Waals surface area contributed by atoms with Crippen LogP contribution in [0.3, 0.4) is 0 Å². The molecule has 1 aromatic heterocycles. The number of aromatic nitrogens is 1. The van der Waals surface area contributed by atoms with Gasteiger partial charge in [-0.25, -0.2) is 4.39 Å². The Bertz CT molecular complexity index is 487. The topological polar surface area (TPSA) is 24.9 Å². The van der Waals surface area contributed by atoms with Crippen molar-refractivity contribution in [1.29, 1.82) is 0 Å². The van der Waals surface area contributed by atoms with Crippen molar-refractivity contribution >= 4 is 22.9 Å². The molecule has 0 fully saturated rings. The number of rotatable bonds is 4. The molecule has 0 aliphatic rings. The molecular formula is C12H12ClFN2S. The van der Waals surface area contributed by atoms with Gasteiger partial charge >= 0.3 is 0 Å². The lowest BCUT2D eigenvalue weighted by molar-refractivity contribution is 0.574. The molecule has 2 nitrogen and oxygen atoms in total. The predicted octanol–water partition coefficient (Wildman–Crippen LogP) is 3.79. The van der Waals surface area contributed by atoms with Gasteiger partial charge in [0, 0.05) is 28.7 Å². The van der Waals surface area contributed by atoms with Crippen molar-refractivity contribution in [3.63, 3.8) is 0 Å². The maximum Gasteiger partial charge on any atom is 0.124 e.